The second kappa shape index (κ2) is 38.7. The number of aliphatic hydroxyl groups excluding tert-OH is 2. The summed E-state index contributed by atoms with van der Waals surface area (Å²) in [5, 5.41) is 19.8. The van der Waals surface area contributed by atoms with Crippen molar-refractivity contribution in [2.45, 2.75) is 187 Å². The minimum atomic E-state index is -4.88. The van der Waals surface area contributed by atoms with Gasteiger partial charge in [0.15, 0.2) is 6.10 Å². The highest BCUT2D eigenvalue weighted by atomic mass is 31.2. The molecule has 0 aromatic rings. The smallest absolute Gasteiger partial charge is 0.462 e. The first-order valence-corrected chi connectivity index (χ1v) is 25.3. The van der Waals surface area contributed by atoms with E-state index in [1.165, 1.54) is 77.0 Å². The molecule has 0 aliphatic carbocycles. The van der Waals surface area contributed by atoms with E-state index in [1.807, 2.05) is 36.5 Å². The number of carbonyl (C=O) groups excluding carboxylic acids is 2. The Labute approximate surface area is 361 Å². The van der Waals surface area contributed by atoms with E-state index in [0.29, 0.717) is 32.1 Å². The average molecular weight is 895 g/mol. The van der Waals surface area contributed by atoms with Gasteiger partial charge in [0.2, 0.25) is 0 Å². The van der Waals surface area contributed by atoms with Crippen LogP contribution in [0.25, 0.3) is 0 Å². The van der Waals surface area contributed by atoms with Gasteiger partial charge in [0, 0.05) is 12.8 Å². The summed E-state index contributed by atoms with van der Waals surface area (Å²) in [5.41, 5.74) is 0. The molecule has 60 heavy (non-hydrogen) atoms. The molecule has 0 fully saturated rings. The molecule has 0 spiro atoms. The molecule has 0 saturated heterocycles. The van der Waals surface area contributed by atoms with Crippen LogP contribution in [0.4, 0.5) is 0 Å². The highest BCUT2D eigenvalue weighted by Gasteiger charge is 2.28. The third-order valence-electron chi connectivity index (χ3n) is 9.22. The van der Waals surface area contributed by atoms with Gasteiger partial charge in [-0.3, -0.25) is 23.2 Å². The Kier molecular flexibility index (Phi) is 37.4. The van der Waals surface area contributed by atoms with Crippen molar-refractivity contribution in [3.05, 3.63) is 48.6 Å². The van der Waals surface area contributed by atoms with Crippen molar-refractivity contribution in [3.8, 4) is 0 Å². The third kappa shape index (κ3) is 42.7. The first kappa shape index (κ1) is 58.0. The first-order chi connectivity index (χ1) is 28.6. The summed E-state index contributed by atoms with van der Waals surface area (Å²) >= 11 is 0. The van der Waals surface area contributed by atoms with Crippen molar-refractivity contribution >= 4 is 27.6 Å². The standard InChI is InChI=1S/C44H80O14P2/c1-4-5-6-7-15-21-26-31-40(45)32-27-22-17-14-19-24-29-34-44(48)58-42(38-57-60(52,53)56-36-41(46)35-55-59(49,50)51)37-54-43(47)33-28-23-18-13-11-9-8-10-12-16-20-25-30-39(2)3/h14-15,19,21-22,26-27,31,39-42,45-46H,4-13,16-18,20,23-25,28-30,32-38H2,1-3H3,(H,52,53)(H2,49,50,51)/b19-14+,21-15-,27-22-,31-26-/t40-,41-,42+/m0/s1. The molecular weight excluding hydrogens is 814 g/mol. The minimum Gasteiger partial charge on any atom is -0.462 e. The van der Waals surface area contributed by atoms with Crippen LogP contribution in [-0.2, 0) is 41.8 Å². The van der Waals surface area contributed by atoms with Gasteiger partial charge in [-0.15, -0.1) is 0 Å². The Bertz CT molecular complexity index is 1280. The van der Waals surface area contributed by atoms with Gasteiger partial charge in [0.1, 0.15) is 12.7 Å². The predicted octanol–water partition coefficient (Wildman–Crippen LogP) is 10.3. The molecule has 0 heterocycles. The largest absolute Gasteiger partial charge is 0.472 e. The minimum absolute atomic E-state index is 0.0215. The lowest BCUT2D eigenvalue weighted by Crippen LogP contribution is -2.29. The normalized spacial score (nSPS) is 15.1. The fourth-order valence-corrected chi connectivity index (χ4v) is 6.94. The molecule has 4 atom stereocenters. The molecule has 0 aliphatic rings. The first-order valence-electron chi connectivity index (χ1n) is 22.3. The second-order valence-electron chi connectivity index (χ2n) is 15.7. The number of esters is 2. The molecule has 0 aromatic heterocycles. The predicted molar refractivity (Wildman–Crippen MR) is 236 cm³/mol. The van der Waals surface area contributed by atoms with Gasteiger partial charge < -0.3 is 34.4 Å². The third-order valence-corrected chi connectivity index (χ3v) is 10.7. The average Bonchev–Trinajstić information content (AvgIpc) is 3.19. The molecule has 0 aromatic carbocycles. The van der Waals surface area contributed by atoms with Crippen molar-refractivity contribution in [3.63, 3.8) is 0 Å². The summed E-state index contributed by atoms with van der Waals surface area (Å²) in [6, 6.07) is 0. The van der Waals surface area contributed by atoms with E-state index >= 15 is 0 Å². The number of phosphoric acid groups is 2. The van der Waals surface area contributed by atoms with E-state index in [0.717, 1.165) is 31.6 Å². The molecule has 14 nitrogen and oxygen atoms in total. The molecule has 0 radical (unpaired) electrons. The Balaban J connectivity index is 4.66. The van der Waals surface area contributed by atoms with E-state index in [4.69, 9.17) is 23.8 Å². The highest BCUT2D eigenvalue weighted by Crippen LogP contribution is 2.43. The zero-order chi connectivity index (χ0) is 44.7. The lowest BCUT2D eigenvalue weighted by atomic mass is 10.0. The van der Waals surface area contributed by atoms with Crippen molar-refractivity contribution < 1.29 is 66.7 Å². The number of aliphatic hydroxyl groups is 2. The summed E-state index contributed by atoms with van der Waals surface area (Å²) in [5.74, 6) is -0.348. The van der Waals surface area contributed by atoms with Crippen LogP contribution in [0.3, 0.4) is 0 Å². The molecule has 0 aliphatic heterocycles. The highest BCUT2D eigenvalue weighted by molar-refractivity contribution is 7.47. The number of phosphoric ester groups is 2. The van der Waals surface area contributed by atoms with Gasteiger partial charge in [0.05, 0.1) is 25.9 Å². The van der Waals surface area contributed by atoms with E-state index in [2.05, 4.69) is 35.9 Å². The van der Waals surface area contributed by atoms with Crippen molar-refractivity contribution in [1.82, 2.24) is 0 Å². The maximum absolute atomic E-state index is 12.7. The number of ether oxygens (including phenoxy) is 2. The van der Waals surface area contributed by atoms with Crippen molar-refractivity contribution in [2.75, 3.05) is 26.4 Å². The molecule has 350 valence electrons. The molecular formula is C44H80O14P2. The fraction of sp³-hybridized carbons (Fsp3) is 0.773. The maximum atomic E-state index is 12.7. The monoisotopic (exact) mass is 895 g/mol. The lowest BCUT2D eigenvalue weighted by molar-refractivity contribution is -0.161. The van der Waals surface area contributed by atoms with Gasteiger partial charge >= 0.3 is 27.6 Å². The number of rotatable bonds is 41. The van der Waals surface area contributed by atoms with Gasteiger partial charge in [-0.05, 0) is 50.9 Å². The van der Waals surface area contributed by atoms with Crippen LogP contribution < -0.4 is 0 Å². The Morgan fingerprint density at radius 3 is 1.80 bits per heavy atom. The van der Waals surface area contributed by atoms with Crippen LogP contribution in [0.5, 0.6) is 0 Å². The Hall–Kier alpha value is -1.96. The van der Waals surface area contributed by atoms with Crippen molar-refractivity contribution in [2.24, 2.45) is 5.92 Å². The molecule has 16 heteroatoms. The summed E-state index contributed by atoms with van der Waals surface area (Å²) < 4.78 is 47.7. The van der Waals surface area contributed by atoms with Gasteiger partial charge in [-0.25, -0.2) is 9.13 Å². The molecule has 0 amide bonds. The van der Waals surface area contributed by atoms with E-state index in [9.17, 15) is 33.8 Å². The molecule has 0 rings (SSSR count). The summed E-state index contributed by atoms with van der Waals surface area (Å²) in [4.78, 5) is 52.7. The van der Waals surface area contributed by atoms with E-state index in [1.54, 1.807) is 6.08 Å². The van der Waals surface area contributed by atoms with Crippen LogP contribution in [0, 0.1) is 5.92 Å². The Morgan fingerprint density at radius 2 is 1.17 bits per heavy atom. The Morgan fingerprint density at radius 1 is 0.600 bits per heavy atom. The molecule has 1 unspecified atom stereocenters. The summed E-state index contributed by atoms with van der Waals surface area (Å²) in [7, 11) is -9.71. The van der Waals surface area contributed by atoms with Crippen LogP contribution in [0.15, 0.2) is 48.6 Å². The van der Waals surface area contributed by atoms with Crippen LogP contribution in [0.2, 0.25) is 0 Å². The van der Waals surface area contributed by atoms with Crippen LogP contribution >= 0.6 is 15.6 Å². The molecule has 0 saturated carbocycles. The number of hydrogen-bond acceptors (Lipinski definition) is 11. The number of unbranched alkanes of at least 4 members (excludes halogenated alkanes) is 15. The van der Waals surface area contributed by atoms with Crippen LogP contribution in [-0.4, -0.2) is 81.6 Å². The summed E-state index contributed by atoms with van der Waals surface area (Å²) in [6.07, 6.45) is 34.3. The van der Waals surface area contributed by atoms with Gasteiger partial charge in [-0.1, -0.05) is 159 Å². The quantitative estimate of drug-likeness (QED) is 0.0127. The second-order valence-corrected chi connectivity index (χ2v) is 18.3. The fourth-order valence-electron chi connectivity index (χ4n) is 5.78. The SMILES string of the molecule is CCCCC/C=C\C=C/[C@H](O)C/C=C\C/C=C/CCCC(=O)O[C@H](COC(=O)CCCCCCCCCCCCCCC(C)C)COP(=O)(O)OC[C@@H](O)COP(=O)(O)O. The van der Waals surface area contributed by atoms with Gasteiger partial charge in [0.25, 0.3) is 0 Å². The molecule has 5 N–H and O–H groups in total. The zero-order valence-corrected chi connectivity index (χ0v) is 38.6. The lowest BCUT2D eigenvalue weighted by Gasteiger charge is -2.20. The van der Waals surface area contributed by atoms with E-state index < -0.39 is 72.3 Å². The van der Waals surface area contributed by atoms with Gasteiger partial charge in [-0.2, -0.15) is 0 Å². The maximum Gasteiger partial charge on any atom is 0.472 e. The van der Waals surface area contributed by atoms with Crippen LogP contribution in [0.1, 0.15) is 168 Å². The summed E-state index contributed by atoms with van der Waals surface area (Å²) in [6.45, 7) is 3.89. The number of carbonyl (C=O) groups is 2. The topological polar surface area (TPSA) is 216 Å². The molecule has 0 bridgehead atoms. The zero-order valence-electron chi connectivity index (χ0n) is 36.8. The number of allylic oxidation sites excluding steroid dienone is 6. The van der Waals surface area contributed by atoms with E-state index in [-0.39, 0.29) is 12.8 Å². The number of hydrogen-bond donors (Lipinski definition) is 5. The van der Waals surface area contributed by atoms with Crippen molar-refractivity contribution in [1.29, 1.82) is 0 Å².